The van der Waals surface area contributed by atoms with Gasteiger partial charge in [0.1, 0.15) is 5.75 Å². The van der Waals surface area contributed by atoms with Crippen molar-refractivity contribution in [2.24, 2.45) is 0 Å². The summed E-state index contributed by atoms with van der Waals surface area (Å²) in [6.45, 7) is 1.45. The monoisotopic (exact) mass is 456 g/mol. The number of carbonyl (C=O) groups excluding carboxylic acids is 1. The Morgan fingerprint density at radius 1 is 0.844 bits per heavy atom. The number of sulfonamides is 1. The fourth-order valence-electron chi connectivity index (χ4n) is 2.85. The molecule has 1 atom stereocenters. The van der Waals surface area contributed by atoms with E-state index in [4.69, 9.17) is 14.2 Å². The summed E-state index contributed by atoms with van der Waals surface area (Å²) in [5.41, 5.74) is 0.415. The third kappa shape index (κ3) is 5.57. The maximum atomic E-state index is 12.8. The van der Waals surface area contributed by atoms with Crippen LogP contribution in [0.4, 0.5) is 5.69 Å². The molecule has 3 aromatic rings. The molecule has 3 rings (SSSR count). The van der Waals surface area contributed by atoms with Crippen molar-refractivity contribution in [3.63, 3.8) is 0 Å². The maximum Gasteiger partial charge on any atom is 0.242 e. The zero-order valence-corrected chi connectivity index (χ0v) is 18.7. The lowest BCUT2D eigenvalue weighted by atomic mass is 10.2. The first kappa shape index (κ1) is 23.1. The summed E-state index contributed by atoms with van der Waals surface area (Å²) in [5.74, 6) is 1.16. The predicted molar refractivity (Wildman–Crippen MR) is 121 cm³/mol. The zero-order chi connectivity index (χ0) is 23.1. The van der Waals surface area contributed by atoms with Crippen molar-refractivity contribution in [1.29, 1.82) is 0 Å². The number of benzene rings is 3. The standard InChI is InChI=1S/C23H24N2O6S/c1-16(25-32(27,28)18-13-14-21(29-2)22(15-18)30-3)23(26)24-19-11-7-8-12-20(19)31-17-9-5-4-6-10-17/h4-16,25H,1-3H3,(H,24,26)/t16-/m1/s1. The second-order valence-electron chi connectivity index (χ2n) is 6.76. The number of ether oxygens (including phenoxy) is 3. The summed E-state index contributed by atoms with van der Waals surface area (Å²) in [6.07, 6.45) is 0. The van der Waals surface area contributed by atoms with Crippen molar-refractivity contribution in [2.75, 3.05) is 19.5 Å². The maximum absolute atomic E-state index is 12.8. The van der Waals surface area contributed by atoms with E-state index >= 15 is 0 Å². The van der Waals surface area contributed by atoms with Crippen molar-refractivity contribution in [3.8, 4) is 23.0 Å². The molecule has 0 radical (unpaired) electrons. The van der Waals surface area contributed by atoms with Crippen LogP contribution < -0.4 is 24.2 Å². The molecule has 9 heteroatoms. The molecule has 3 aromatic carbocycles. The van der Waals surface area contributed by atoms with Crippen LogP contribution in [0.1, 0.15) is 6.92 Å². The Morgan fingerprint density at radius 3 is 2.19 bits per heavy atom. The average Bonchev–Trinajstić information content (AvgIpc) is 2.80. The van der Waals surface area contributed by atoms with Crippen molar-refractivity contribution in [3.05, 3.63) is 72.8 Å². The first-order chi connectivity index (χ1) is 15.3. The summed E-state index contributed by atoms with van der Waals surface area (Å²) < 4.78 is 44.0. The number of methoxy groups -OCH3 is 2. The minimum atomic E-state index is -3.99. The van der Waals surface area contributed by atoms with E-state index < -0.39 is 22.0 Å². The number of carbonyl (C=O) groups is 1. The quantitative estimate of drug-likeness (QED) is 0.508. The number of hydrogen-bond donors (Lipinski definition) is 2. The molecule has 1 amide bonds. The van der Waals surface area contributed by atoms with Gasteiger partial charge in [-0.15, -0.1) is 0 Å². The van der Waals surface area contributed by atoms with Crippen LogP contribution in [-0.4, -0.2) is 34.6 Å². The molecule has 0 aliphatic rings. The fourth-order valence-corrected chi connectivity index (χ4v) is 4.07. The third-order valence-corrected chi connectivity index (χ3v) is 6.04. The topological polar surface area (TPSA) is 103 Å². The summed E-state index contributed by atoms with van der Waals surface area (Å²) in [5, 5.41) is 2.71. The molecule has 0 saturated heterocycles. The summed E-state index contributed by atoms with van der Waals surface area (Å²) in [7, 11) is -1.13. The van der Waals surface area contributed by atoms with Crippen LogP contribution in [0.25, 0.3) is 0 Å². The highest BCUT2D eigenvalue weighted by Crippen LogP contribution is 2.30. The Kier molecular flexibility index (Phi) is 7.34. The van der Waals surface area contributed by atoms with Crippen LogP contribution in [0.3, 0.4) is 0 Å². The van der Waals surface area contributed by atoms with Gasteiger partial charge in [0.2, 0.25) is 15.9 Å². The molecule has 2 N–H and O–H groups in total. The molecular weight excluding hydrogens is 432 g/mol. The molecule has 0 spiro atoms. The average molecular weight is 457 g/mol. The summed E-state index contributed by atoms with van der Waals surface area (Å²) in [4.78, 5) is 12.7. The lowest BCUT2D eigenvalue weighted by Gasteiger charge is -2.17. The molecule has 32 heavy (non-hydrogen) atoms. The van der Waals surface area contributed by atoms with Crippen molar-refractivity contribution >= 4 is 21.6 Å². The van der Waals surface area contributed by atoms with Gasteiger partial charge in [0, 0.05) is 6.07 Å². The SMILES string of the molecule is COc1ccc(S(=O)(=O)N[C@H](C)C(=O)Nc2ccccc2Oc2ccccc2)cc1OC. The molecule has 0 saturated carbocycles. The van der Waals surface area contributed by atoms with Gasteiger partial charge in [0.15, 0.2) is 17.2 Å². The Labute approximate surface area is 187 Å². The smallest absolute Gasteiger partial charge is 0.242 e. The minimum absolute atomic E-state index is 0.0531. The molecule has 0 aromatic heterocycles. The van der Waals surface area contributed by atoms with Crippen LogP contribution in [0, 0.1) is 0 Å². The van der Waals surface area contributed by atoms with Crippen LogP contribution in [0.2, 0.25) is 0 Å². The van der Waals surface area contributed by atoms with Crippen LogP contribution in [0.15, 0.2) is 77.7 Å². The number of anilines is 1. The number of para-hydroxylation sites is 3. The van der Waals surface area contributed by atoms with Gasteiger partial charge in [-0.1, -0.05) is 30.3 Å². The van der Waals surface area contributed by atoms with E-state index in [0.717, 1.165) is 0 Å². The highest BCUT2D eigenvalue weighted by atomic mass is 32.2. The molecule has 0 aliphatic carbocycles. The van der Waals surface area contributed by atoms with Gasteiger partial charge in [-0.05, 0) is 43.3 Å². The summed E-state index contributed by atoms with van der Waals surface area (Å²) >= 11 is 0. The van der Waals surface area contributed by atoms with E-state index in [1.807, 2.05) is 18.2 Å². The van der Waals surface area contributed by atoms with E-state index in [2.05, 4.69) is 10.0 Å². The van der Waals surface area contributed by atoms with E-state index in [1.165, 1.54) is 39.3 Å². The number of amides is 1. The van der Waals surface area contributed by atoms with Gasteiger partial charge in [0.25, 0.3) is 0 Å². The van der Waals surface area contributed by atoms with Crippen molar-refractivity contribution < 1.29 is 27.4 Å². The number of hydrogen-bond acceptors (Lipinski definition) is 6. The molecule has 0 fully saturated rings. The largest absolute Gasteiger partial charge is 0.493 e. The first-order valence-electron chi connectivity index (χ1n) is 9.71. The van der Waals surface area contributed by atoms with E-state index in [-0.39, 0.29) is 10.6 Å². The first-order valence-corrected chi connectivity index (χ1v) is 11.2. The Hall–Kier alpha value is -3.56. The van der Waals surface area contributed by atoms with Gasteiger partial charge in [-0.25, -0.2) is 8.42 Å². The fraction of sp³-hybridized carbons (Fsp3) is 0.174. The van der Waals surface area contributed by atoms with Crippen molar-refractivity contribution in [1.82, 2.24) is 4.72 Å². The van der Waals surface area contributed by atoms with Gasteiger partial charge in [0.05, 0.1) is 30.8 Å². The molecule has 0 aliphatic heterocycles. The molecule has 8 nitrogen and oxygen atoms in total. The molecule has 168 valence electrons. The third-order valence-electron chi connectivity index (χ3n) is 4.51. The van der Waals surface area contributed by atoms with Gasteiger partial charge < -0.3 is 19.5 Å². The Balaban J connectivity index is 1.73. The molecular formula is C23H24N2O6S. The van der Waals surface area contributed by atoms with Crippen LogP contribution in [0.5, 0.6) is 23.0 Å². The van der Waals surface area contributed by atoms with E-state index in [1.54, 1.807) is 36.4 Å². The number of rotatable bonds is 9. The summed E-state index contributed by atoms with van der Waals surface area (Å²) in [6, 6.07) is 19.1. The normalized spacial score (nSPS) is 12.0. The zero-order valence-electron chi connectivity index (χ0n) is 17.9. The van der Waals surface area contributed by atoms with Gasteiger partial charge in [-0.3, -0.25) is 4.79 Å². The number of nitrogens with one attached hydrogen (secondary N) is 2. The van der Waals surface area contributed by atoms with Gasteiger partial charge >= 0.3 is 0 Å². The highest BCUT2D eigenvalue weighted by Gasteiger charge is 2.24. The second-order valence-corrected chi connectivity index (χ2v) is 8.47. The highest BCUT2D eigenvalue weighted by molar-refractivity contribution is 7.89. The van der Waals surface area contributed by atoms with Crippen LogP contribution >= 0.6 is 0 Å². The van der Waals surface area contributed by atoms with Crippen LogP contribution in [-0.2, 0) is 14.8 Å². The molecule has 0 unspecified atom stereocenters. The Bertz CT molecular complexity index is 1180. The predicted octanol–water partition coefficient (Wildman–Crippen LogP) is 3.80. The van der Waals surface area contributed by atoms with Crippen molar-refractivity contribution in [2.45, 2.75) is 17.9 Å². The molecule has 0 bridgehead atoms. The van der Waals surface area contributed by atoms with Gasteiger partial charge in [-0.2, -0.15) is 4.72 Å². The minimum Gasteiger partial charge on any atom is -0.493 e. The lowest BCUT2D eigenvalue weighted by Crippen LogP contribution is -2.41. The lowest BCUT2D eigenvalue weighted by molar-refractivity contribution is -0.117. The Morgan fingerprint density at radius 2 is 1.50 bits per heavy atom. The second kappa shape index (κ2) is 10.2. The van der Waals surface area contributed by atoms with E-state index in [0.29, 0.717) is 22.9 Å². The van der Waals surface area contributed by atoms with E-state index in [9.17, 15) is 13.2 Å². The molecule has 0 heterocycles.